The molecular weight excluding hydrogens is 392 g/mol. The van der Waals surface area contributed by atoms with E-state index in [1.54, 1.807) is 12.1 Å². The van der Waals surface area contributed by atoms with Gasteiger partial charge in [0.15, 0.2) is 13.6 Å². The summed E-state index contributed by atoms with van der Waals surface area (Å²) in [5, 5.41) is 11.0. The Bertz CT molecular complexity index is 997. The van der Waals surface area contributed by atoms with Gasteiger partial charge in [0.1, 0.15) is 11.4 Å². The van der Waals surface area contributed by atoms with Crippen LogP contribution in [0.1, 0.15) is 41.1 Å². The summed E-state index contributed by atoms with van der Waals surface area (Å²) in [5.74, 6) is 0.192. The third-order valence-electron chi connectivity index (χ3n) is 7.39. The standard InChI is InChI=1S/C24H29BFN3O2/c1-27-21-5-2-4-18-19-14-28(12-3-6-22(30)16-7-9-17(26)10-8-16)13-11-20(19)29(23(18)21)15-24(27,25)31/h2,4-5,7-10,19-20,31H,3,6,11-15,25H2,1H3/t19-,20?,24?/m0/s1. The molecule has 5 rings (SSSR count). The number of fused-ring (bicyclic) bond motifs is 3. The van der Waals surface area contributed by atoms with Crippen LogP contribution in [-0.2, 0) is 0 Å². The number of para-hydroxylation sites is 1. The Hall–Kier alpha value is -2.38. The van der Waals surface area contributed by atoms with Crippen LogP contribution in [0.2, 0.25) is 0 Å². The molecule has 1 fully saturated rings. The van der Waals surface area contributed by atoms with Gasteiger partial charge in [-0.3, -0.25) is 4.79 Å². The number of anilines is 2. The molecule has 1 saturated heterocycles. The average Bonchev–Trinajstić information content (AvgIpc) is 3.06. The van der Waals surface area contributed by atoms with Gasteiger partial charge in [-0.2, -0.15) is 0 Å². The van der Waals surface area contributed by atoms with E-state index in [1.807, 2.05) is 19.8 Å². The Kier molecular flexibility index (Phi) is 5.06. The molecule has 0 radical (unpaired) electrons. The van der Waals surface area contributed by atoms with E-state index in [0.29, 0.717) is 30.5 Å². The van der Waals surface area contributed by atoms with Crippen molar-refractivity contribution in [2.45, 2.75) is 36.8 Å². The van der Waals surface area contributed by atoms with E-state index in [-0.39, 0.29) is 11.6 Å². The molecule has 2 unspecified atom stereocenters. The molecule has 0 bridgehead atoms. The highest BCUT2D eigenvalue weighted by molar-refractivity contribution is 6.17. The van der Waals surface area contributed by atoms with Crippen molar-refractivity contribution in [3.63, 3.8) is 0 Å². The van der Waals surface area contributed by atoms with Crippen LogP contribution >= 0.6 is 0 Å². The fourth-order valence-electron chi connectivity index (χ4n) is 5.61. The molecule has 0 aliphatic carbocycles. The number of likely N-dealkylation sites (N-methyl/N-ethyl adjacent to an activating group) is 1. The van der Waals surface area contributed by atoms with E-state index in [9.17, 15) is 14.3 Å². The molecule has 3 aliphatic heterocycles. The van der Waals surface area contributed by atoms with Gasteiger partial charge in [0.2, 0.25) is 0 Å². The summed E-state index contributed by atoms with van der Waals surface area (Å²) in [6.45, 7) is 3.50. The highest BCUT2D eigenvalue weighted by atomic mass is 19.1. The van der Waals surface area contributed by atoms with Crippen molar-refractivity contribution < 1.29 is 14.3 Å². The molecule has 3 aliphatic rings. The Morgan fingerprint density at radius 2 is 2.03 bits per heavy atom. The zero-order valence-electron chi connectivity index (χ0n) is 18.2. The number of Topliss-reactive ketones (excluding diaryl/α,β-unsaturated/α-hetero) is 1. The van der Waals surface area contributed by atoms with Crippen LogP contribution < -0.4 is 9.80 Å². The number of carbonyl (C=O) groups is 1. The number of hydrogen-bond donors (Lipinski definition) is 1. The number of ketones is 1. The van der Waals surface area contributed by atoms with Crippen molar-refractivity contribution in [1.29, 1.82) is 0 Å². The molecular formula is C24H29BFN3O2. The number of rotatable bonds is 5. The van der Waals surface area contributed by atoms with Crippen LogP contribution in [0.15, 0.2) is 42.5 Å². The van der Waals surface area contributed by atoms with Gasteiger partial charge >= 0.3 is 0 Å². The topological polar surface area (TPSA) is 47.0 Å². The molecule has 1 N–H and O–H groups in total. The fourth-order valence-corrected chi connectivity index (χ4v) is 5.61. The third-order valence-corrected chi connectivity index (χ3v) is 7.39. The minimum atomic E-state index is -0.877. The third kappa shape index (κ3) is 3.54. The summed E-state index contributed by atoms with van der Waals surface area (Å²) >= 11 is 0. The summed E-state index contributed by atoms with van der Waals surface area (Å²) in [7, 11) is 3.86. The molecule has 3 heterocycles. The van der Waals surface area contributed by atoms with Crippen LogP contribution in [0.5, 0.6) is 0 Å². The lowest BCUT2D eigenvalue weighted by molar-refractivity contribution is 0.0970. The molecule has 31 heavy (non-hydrogen) atoms. The fraction of sp³-hybridized carbons (Fsp3) is 0.458. The zero-order chi connectivity index (χ0) is 21.8. The van der Waals surface area contributed by atoms with Crippen LogP contribution in [0, 0.1) is 5.82 Å². The largest absolute Gasteiger partial charge is 0.378 e. The van der Waals surface area contributed by atoms with Crippen molar-refractivity contribution >= 4 is 25.0 Å². The summed E-state index contributed by atoms with van der Waals surface area (Å²) in [6.07, 6.45) is 2.35. The van der Waals surface area contributed by atoms with Gasteiger partial charge < -0.3 is 19.8 Å². The minimum Gasteiger partial charge on any atom is -0.378 e. The second-order valence-corrected chi connectivity index (χ2v) is 9.42. The first-order valence-corrected chi connectivity index (χ1v) is 11.2. The van der Waals surface area contributed by atoms with Crippen LogP contribution in [0.25, 0.3) is 0 Å². The van der Waals surface area contributed by atoms with Gasteiger partial charge in [-0.05, 0) is 55.3 Å². The van der Waals surface area contributed by atoms with E-state index >= 15 is 0 Å². The van der Waals surface area contributed by atoms with E-state index in [4.69, 9.17) is 0 Å². The molecule has 0 spiro atoms. The first kappa shape index (κ1) is 20.5. The SMILES string of the molecule is BC1(O)CN2c3c(cccc3N1C)[C@@H]1CN(CCCC(=O)c3ccc(F)cc3)CCC12. The average molecular weight is 421 g/mol. The van der Waals surface area contributed by atoms with Crippen molar-refractivity contribution in [3.05, 3.63) is 59.4 Å². The van der Waals surface area contributed by atoms with Crippen molar-refractivity contribution in [3.8, 4) is 0 Å². The number of likely N-dealkylation sites (tertiary alicyclic amines) is 1. The predicted octanol–water partition coefficient (Wildman–Crippen LogP) is 2.20. The quantitative estimate of drug-likeness (QED) is 0.593. The van der Waals surface area contributed by atoms with E-state index in [0.717, 1.165) is 38.2 Å². The number of aliphatic hydroxyl groups is 1. The molecule has 0 amide bonds. The minimum absolute atomic E-state index is 0.0769. The lowest BCUT2D eigenvalue weighted by Crippen LogP contribution is -2.61. The molecule has 0 saturated carbocycles. The molecule has 7 heteroatoms. The van der Waals surface area contributed by atoms with Crippen molar-refractivity contribution in [2.24, 2.45) is 0 Å². The first-order chi connectivity index (χ1) is 14.8. The van der Waals surface area contributed by atoms with E-state index in [1.165, 1.54) is 23.4 Å². The highest BCUT2D eigenvalue weighted by Gasteiger charge is 2.48. The normalized spacial score (nSPS) is 27.2. The Morgan fingerprint density at radius 1 is 1.26 bits per heavy atom. The number of carbonyl (C=O) groups excluding carboxylic acids is 1. The molecule has 162 valence electrons. The summed E-state index contributed by atoms with van der Waals surface area (Å²) in [5.41, 5.74) is 3.50. The maximum absolute atomic E-state index is 13.1. The maximum atomic E-state index is 13.1. The number of nitrogens with zero attached hydrogens (tertiary/aromatic N) is 3. The Balaban J connectivity index is 1.25. The predicted molar refractivity (Wildman–Crippen MR) is 123 cm³/mol. The Labute approximate surface area is 183 Å². The number of piperidine rings is 1. The highest BCUT2D eigenvalue weighted by Crippen LogP contribution is 2.52. The lowest BCUT2D eigenvalue weighted by atomic mass is 9.85. The smallest absolute Gasteiger partial charge is 0.172 e. The molecule has 2 aromatic carbocycles. The summed E-state index contributed by atoms with van der Waals surface area (Å²) < 4.78 is 13.1. The van der Waals surface area contributed by atoms with Gasteiger partial charge in [0, 0.05) is 44.1 Å². The molecule has 3 atom stereocenters. The van der Waals surface area contributed by atoms with E-state index < -0.39 is 5.62 Å². The maximum Gasteiger partial charge on any atom is 0.172 e. The van der Waals surface area contributed by atoms with Gasteiger partial charge in [-0.25, -0.2) is 4.39 Å². The summed E-state index contributed by atoms with van der Waals surface area (Å²) in [4.78, 5) is 19.3. The van der Waals surface area contributed by atoms with Gasteiger partial charge in [0.25, 0.3) is 0 Å². The van der Waals surface area contributed by atoms with Gasteiger partial charge in [-0.15, -0.1) is 0 Å². The second kappa shape index (κ2) is 7.64. The first-order valence-electron chi connectivity index (χ1n) is 11.2. The molecule has 0 aromatic heterocycles. The van der Waals surface area contributed by atoms with Gasteiger partial charge in [-0.1, -0.05) is 12.1 Å². The van der Waals surface area contributed by atoms with Crippen LogP contribution in [-0.4, -0.2) is 68.5 Å². The second-order valence-electron chi connectivity index (χ2n) is 9.42. The molecule has 5 nitrogen and oxygen atoms in total. The summed E-state index contributed by atoms with van der Waals surface area (Å²) in [6, 6.07) is 12.7. The van der Waals surface area contributed by atoms with Crippen LogP contribution in [0.3, 0.4) is 0 Å². The zero-order valence-corrected chi connectivity index (χ0v) is 18.2. The van der Waals surface area contributed by atoms with Crippen LogP contribution in [0.4, 0.5) is 15.8 Å². The van der Waals surface area contributed by atoms with E-state index in [2.05, 4.69) is 28.0 Å². The molecule has 2 aromatic rings. The number of benzene rings is 2. The number of halogens is 1. The Morgan fingerprint density at radius 3 is 2.81 bits per heavy atom. The van der Waals surface area contributed by atoms with Crippen molar-refractivity contribution in [1.82, 2.24) is 4.90 Å². The number of hydrogen-bond acceptors (Lipinski definition) is 5. The van der Waals surface area contributed by atoms with Crippen molar-refractivity contribution in [2.75, 3.05) is 43.0 Å². The lowest BCUT2D eigenvalue weighted by Gasteiger charge is -2.48. The van der Waals surface area contributed by atoms with Gasteiger partial charge in [0.05, 0.1) is 17.9 Å². The monoisotopic (exact) mass is 421 g/mol.